The van der Waals surface area contributed by atoms with E-state index in [0.717, 1.165) is 11.3 Å². The molecule has 0 aromatic carbocycles. The van der Waals surface area contributed by atoms with Gasteiger partial charge in [0.25, 0.3) is 10.0 Å². The van der Waals surface area contributed by atoms with E-state index in [1.807, 2.05) is 0 Å². The van der Waals surface area contributed by atoms with Crippen molar-refractivity contribution in [2.24, 2.45) is 0 Å². The fourth-order valence-electron chi connectivity index (χ4n) is 1.86. The molecule has 0 amide bonds. The number of hydrogen-bond donors (Lipinski definition) is 2. The summed E-state index contributed by atoms with van der Waals surface area (Å²) in [6, 6.07) is 1.69. The van der Waals surface area contributed by atoms with Gasteiger partial charge >= 0.3 is 0 Å². The number of thiophene rings is 1. The van der Waals surface area contributed by atoms with Crippen LogP contribution in [0.15, 0.2) is 20.1 Å². The molecule has 0 aliphatic carbocycles. The van der Waals surface area contributed by atoms with Crippen molar-refractivity contribution in [1.82, 2.24) is 4.72 Å². The van der Waals surface area contributed by atoms with Gasteiger partial charge < -0.3 is 9.84 Å². The fraction of sp³-hybridized carbons (Fsp3) is 0.600. The van der Waals surface area contributed by atoms with Crippen LogP contribution >= 0.6 is 27.3 Å². The highest BCUT2D eigenvalue weighted by Gasteiger charge is 2.37. The number of sulfonamides is 1. The molecule has 0 spiro atoms. The van der Waals surface area contributed by atoms with Gasteiger partial charge in [0.1, 0.15) is 4.21 Å². The molecule has 102 valence electrons. The molecule has 0 saturated carbocycles. The Kier molecular flexibility index (Phi) is 4.45. The minimum absolute atomic E-state index is 0.224. The molecule has 1 aliphatic rings. The first kappa shape index (κ1) is 14.4. The maximum Gasteiger partial charge on any atom is 0.251 e. The Morgan fingerprint density at radius 2 is 2.17 bits per heavy atom. The average molecular weight is 356 g/mol. The summed E-state index contributed by atoms with van der Waals surface area (Å²) in [6.07, 6.45) is 0.956. The third kappa shape index (κ3) is 2.94. The molecule has 1 aromatic heterocycles. The fourth-order valence-corrected chi connectivity index (χ4v) is 5.65. The maximum absolute atomic E-state index is 12.3. The van der Waals surface area contributed by atoms with Crippen LogP contribution in [0.2, 0.25) is 0 Å². The Bertz CT molecular complexity index is 508. The summed E-state index contributed by atoms with van der Waals surface area (Å²) in [5, 5.41) is 11.2. The van der Waals surface area contributed by atoms with E-state index in [9.17, 15) is 13.5 Å². The van der Waals surface area contributed by atoms with Gasteiger partial charge in [-0.3, -0.25) is 0 Å². The molecule has 0 radical (unpaired) electrons. The third-order valence-electron chi connectivity index (χ3n) is 2.93. The zero-order chi connectivity index (χ0) is 13.2. The molecule has 5 nitrogen and oxygen atoms in total. The minimum Gasteiger partial charge on any atom is -0.394 e. The first-order chi connectivity index (χ1) is 8.49. The second-order valence-electron chi connectivity index (χ2n) is 4.21. The molecule has 2 rings (SSSR count). The molecule has 1 aliphatic heterocycles. The van der Waals surface area contributed by atoms with Crippen LogP contribution in [0.3, 0.4) is 0 Å². The van der Waals surface area contributed by atoms with Crippen LogP contribution in [0.4, 0.5) is 0 Å². The topological polar surface area (TPSA) is 75.6 Å². The molecule has 0 atom stereocenters. The third-order valence-corrected chi connectivity index (χ3v) is 7.18. The molecule has 2 N–H and O–H groups in total. The van der Waals surface area contributed by atoms with Crippen LogP contribution in [-0.2, 0) is 14.8 Å². The van der Waals surface area contributed by atoms with Crippen molar-refractivity contribution in [2.75, 3.05) is 19.8 Å². The number of halogens is 1. The van der Waals surface area contributed by atoms with E-state index in [-0.39, 0.29) is 10.8 Å². The van der Waals surface area contributed by atoms with Crippen molar-refractivity contribution in [3.05, 3.63) is 15.9 Å². The van der Waals surface area contributed by atoms with Gasteiger partial charge in [-0.25, -0.2) is 13.1 Å². The molecular weight excluding hydrogens is 342 g/mol. The Hall–Kier alpha value is 0.01000. The number of aliphatic hydroxyl groups excluding tert-OH is 1. The summed E-state index contributed by atoms with van der Waals surface area (Å²) >= 11 is 4.35. The monoisotopic (exact) mass is 355 g/mol. The minimum atomic E-state index is -3.61. The average Bonchev–Trinajstić information content (AvgIpc) is 2.77. The first-order valence-corrected chi connectivity index (χ1v) is 8.60. The van der Waals surface area contributed by atoms with E-state index in [2.05, 4.69) is 20.7 Å². The number of nitrogens with one attached hydrogen (secondary N) is 1. The molecule has 0 bridgehead atoms. The van der Waals surface area contributed by atoms with Crippen molar-refractivity contribution in [3.63, 3.8) is 0 Å². The SMILES string of the molecule is O=S(=O)(NC1(CO)CCOCC1)c1sccc1Br. The van der Waals surface area contributed by atoms with Crippen molar-refractivity contribution in [2.45, 2.75) is 22.6 Å². The molecule has 2 heterocycles. The van der Waals surface area contributed by atoms with Gasteiger partial charge in [-0.15, -0.1) is 11.3 Å². The van der Waals surface area contributed by atoms with Crippen LogP contribution < -0.4 is 4.72 Å². The molecule has 18 heavy (non-hydrogen) atoms. The van der Waals surface area contributed by atoms with E-state index >= 15 is 0 Å². The van der Waals surface area contributed by atoms with Gasteiger partial charge in [0.15, 0.2) is 0 Å². The second kappa shape index (κ2) is 5.56. The summed E-state index contributed by atoms with van der Waals surface area (Å²) in [4.78, 5) is 0. The Morgan fingerprint density at radius 1 is 1.50 bits per heavy atom. The second-order valence-corrected chi connectivity index (χ2v) is 7.86. The van der Waals surface area contributed by atoms with Crippen molar-refractivity contribution < 1.29 is 18.3 Å². The lowest BCUT2D eigenvalue weighted by Crippen LogP contribution is -2.54. The first-order valence-electron chi connectivity index (χ1n) is 5.45. The van der Waals surface area contributed by atoms with E-state index in [4.69, 9.17) is 4.74 Å². The molecule has 8 heteroatoms. The number of aliphatic hydroxyl groups is 1. The zero-order valence-electron chi connectivity index (χ0n) is 9.56. The highest BCUT2D eigenvalue weighted by atomic mass is 79.9. The summed E-state index contributed by atoms with van der Waals surface area (Å²) in [5.74, 6) is 0. The van der Waals surface area contributed by atoms with E-state index in [1.54, 1.807) is 11.4 Å². The highest BCUT2D eigenvalue weighted by Crippen LogP contribution is 2.30. The van der Waals surface area contributed by atoms with E-state index in [1.165, 1.54) is 0 Å². The quantitative estimate of drug-likeness (QED) is 0.854. The van der Waals surface area contributed by atoms with Gasteiger partial charge in [-0.05, 0) is 40.2 Å². The van der Waals surface area contributed by atoms with E-state index < -0.39 is 15.6 Å². The van der Waals surface area contributed by atoms with Gasteiger partial charge in [0, 0.05) is 17.7 Å². The highest BCUT2D eigenvalue weighted by molar-refractivity contribution is 9.10. The Labute approximate surface area is 118 Å². The maximum atomic E-state index is 12.3. The predicted molar refractivity (Wildman–Crippen MR) is 72.2 cm³/mol. The smallest absolute Gasteiger partial charge is 0.251 e. The Morgan fingerprint density at radius 3 is 2.67 bits per heavy atom. The van der Waals surface area contributed by atoms with E-state index in [0.29, 0.717) is 30.5 Å². The van der Waals surface area contributed by atoms with Crippen LogP contribution in [0, 0.1) is 0 Å². The van der Waals surface area contributed by atoms with Gasteiger partial charge in [-0.2, -0.15) is 0 Å². The number of ether oxygens (including phenoxy) is 1. The van der Waals surface area contributed by atoms with Gasteiger partial charge in [-0.1, -0.05) is 0 Å². The molecule has 1 fully saturated rings. The molecule has 1 saturated heterocycles. The van der Waals surface area contributed by atoms with Gasteiger partial charge in [0.2, 0.25) is 0 Å². The van der Waals surface area contributed by atoms with Gasteiger partial charge in [0.05, 0.1) is 12.1 Å². The molecule has 0 unspecified atom stereocenters. The molecule has 1 aromatic rings. The number of hydrogen-bond acceptors (Lipinski definition) is 5. The van der Waals surface area contributed by atoms with Crippen molar-refractivity contribution in [3.8, 4) is 0 Å². The predicted octanol–water partition coefficient (Wildman–Crippen LogP) is 1.33. The Balaban J connectivity index is 2.24. The normalized spacial score (nSPS) is 19.9. The zero-order valence-corrected chi connectivity index (χ0v) is 12.8. The summed E-state index contributed by atoms with van der Waals surface area (Å²) in [7, 11) is -3.61. The van der Waals surface area contributed by atoms with Crippen LogP contribution in [0.25, 0.3) is 0 Å². The summed E-state index contributed by atoms with van der Waals surface area (Å²) in [5.41, 5.74) is -0.805. The summed E-state index contributed by atoms with van der Waals surface area (Å²) in [6.45, 7) is 0.683. The van der Waals surface area contributed by atoms with Crippen molar-refractivity contribution >= 4 is 37.3 Å². The van der Waals surface area contributed by atoms with Crippen molar-refractivity contribution in [1.29, 1.82) is 0 Å². The largest absolute Gasteiger partial charge is 0.394 e. The van der Waals surface area contributed by atoms with Crippen LogP contribution in [0.5, 0.6) is 0 Å². The molecular formula is C10H14BrNO4S2. The number of rotatable bonds is 4. The van der Waals surface area contributed by atoms with Crippen LogP contribution in [-0.4, -0.2) is 38.9 Å². The van der Waals surface area contributed by atoms with Crippen LogP contribution in [0.1, 0.15) is 12.8 Å². The summed E-state index contributed by atoms with van der Waals surface area (Å²) < 4.78 is 33.1. The standard InChI is InChI=1S/C10H14BrNO4S2/c11-8-1-6-17-9(8)18(14,15)12-10(7-13)2-4-16-5-3-10/h1,6,12-13H,2-5,7H2. The lowest BCUT2D eigenvalue weighted by molar-refractivity contribution is 0.0223. The lowest BCUT2D eigenvalue weighted by atomic mass is 9.93. The lowest BCUT2D eigenvalue weighted by Gasteiger charge is -2.35.